The Kier molecular flexibility index (Phi) is 3.72. The van der Waals surface area contributed by atoms with Crippen LogP contribution in [0.25, 0.3) is 0 Å². The molecule has 1 rings (SSSR count). The van der Waals surface area contributed by atoms with Crippen LogP contribution in [0, 0.1) is 25.2 Å². The Labute approximate surface area is 103 Å². The van der Waals surface area contributed by atoms with Gasteiger partial charge in [-0.05, 0) is 37.1 Å². The number of nitriles is 1. The molecule has 18 heavy (non-hydrogen) atoms. The molecule has 0 bridgehead atoms. The van der Waals surface area contributed by atoms with Gasteiger partial charge in [-0.3, -0.25) is 0 Å². The Bertz CT molecular complexity index is 600. The van der Waals surface area contributed by atoms with E-state index in [0.717, 1.165) is 23.8 Å². The SMILES string of the molecule is Cc1ccc(S(=O)(=O)C(C#N)C(F)(F)F)cc1C. The van der Waals surface area contributed by atoms with Crippen LogP contribution < -0.4 is 0 Å². The second-order valence-corrected chi connectivity index (χ2v) is 5.87. The summed E-state index contributed by atoms with van der Waals surface area (Å²) < 4.78 is 60.9. The van der Waals surface area contributed by atoms with Gasteiger partial charge in [-0.25, -0.2) is 8.42 Å². The lowest BCUT2D eigenvalue weighted by Gasteiger charge is -2.14. The normalized spacial score (nSPS) is 14.0. The average molecular weight is 277 g/mol. The van der Waals surface area contributed by atoms with Gasteiger partial charge in [-0.15, -0.1) is 0 Å². The lowest BCUT2D eigenvalue weighted by molar-refractivity contribution is -0.120. The van der Waals surface area contributed by atoms with Crippen molar-refractivity contribution in [1.29, 1.82) is 5.26 Å². The summed E-state index contributed by atoms with van der Waals surface area (Å²) in [6.45, 7) is 3.29. The van der Waals surface area contributed by atoms with Crippen molar-refractivity contribution in [2.45, 2.75) is 30.2 Å². The summed E-state index contributed by atoms with van der Waals surface area (Å²) in [4.78, 5) is -0.491. The van der Waals surface area contributed by atoms with Gasteiger partial charge in [0.1, 0.15) is 0 Å². The summed E-state index contributed by atoms with van der Waals surface area (Å²) in [5.74, 6) is 0. The van der Waals surface area contributed by atoms with Crippen LogP contribution in [0.3, 0.4) is 0 Å². The summed E-state index contributed by atoms with van der Waals surface area (Å²) in [7, 11) is -4.73. The van der Waals surface area contributed by atoms with Crippen LogP contribution in [0.1, 0.15) is 11.1 Å². The fraction of sp³-hybridized carbons (Fsp3) is 0.364. The van der Waals surface area contributed by atoms with Crippen LogP contribution >= 0.6 is 0 Å². The number of benzene rings is 1. The monoisotopic (exact) mass is 277 g/mol. The minimum atomic E-state index is -5.10. The smallest absolute Gasteiger partial charge is 0.222 e. The lowest BCUT2D eigenvalue weighted by atomic mass is 10.1. The summed E-state index contributed by atoms with van der Waals surface area (Å²) in [5.41, 5.74) is 1.31. The molecule has 0 saturated carbocycles. The van der Waals surface area contributed by atoms with Crippen molar-refractivity contribution in [2.75, 3.05) is 0 Å². The molecule has 1 aromatic carbocycles. The number of nitrogens with zero attached hydrogens (tertiary/aromatic N) is 1. The third-order valence-corrected chi connectivity index (χ3v) is 4.44. The van der Waals surface area contributed by atoms with Crippen molar-refractivity contribution in [2.24, 2.45) is 0 Å². The first-order chi connectivity index (χ1) is 8.10. The highest BCUT2D eigenvalue weighted by atomic mass is 32.2. The second-order valence-electron chi connectivity index (χ2n) is 3.84. The molecule has 0 aliphatic rings. The molecule has 0 aliphatic carbocycles. The molecule has 0 radical (unpaired) electrons. The summed E-state index contributed by atoms with van der Waals surface area (Å²) >= 11 is 0. The number of alkyl halides is 3. The van der Waals surface area contributed by atoms with E-state index >= 15 is 0 Å². The zero-order chi connectivity index (χ0) is 14.1. The van der Waals surface area contributed by atoms with E-state index in [1.807, 2.05) is 0 Å². The fourth-order valence-electron chi connectivity index (χ4n) is 1.35. The Hall–Kier alpha value is -1.55. The van der Waals surface area contributed by atoms with Crippen molar-refractivity contribution in [3.8, 4) is 6.07 Å². The molecule has 1 aromatic rings. The standard InChI is InChI=1S/C11H10F3NO2S/c1-7-3-4-9(5-8(7)2)18(16,17)10(6-15)11(12,13)14/h3-5,10H,1-2H3. The zero-order valence-electron chi connectivity index (χ0n) is 9.62. The van der Waals surface area contributed by atoms with Crippen molar-refractivity contribution in [1.82, 2.24) is 0 Å². The van der Waals surface area contributed by atoms with E-state index in [4.69, 9.17) is 5.26 Å². The van der Waals surface area contributed by atoms with Crippen LogP contribution in [-0.4, -0.2) is 19.8 Å². The van der Waals surface area contributed by atoms with Crippen LogP contribution in [-0.2, 0) is 9.84 Å². The molecule has 0 heterocycles. The molecule has 0 N–H and O–H groups in total. The van der Waals surface area contributed by atoms with Crippen molar-refractivity contribution in [3.05, 3.63) is 29.3 Å². The highest BCUT2D eigenvalue weighted by Gasteiger charge is 2.49. The van der Waals surface area contributed by atoms with Crippen LogP contribution in [0.15, 0.2) is 23.1 Å². The molecular formula is C11H10F3NO2S. The number of hydrogen-bond donors (Lipinski definition) is 0. The molecular weight excluding hydrogens is 267 g/mol. The van der Waals surface area contributed by atoms with Crippen LogP contribution in [0.5, 0.6) is 0 Å². The zero-order valence-corrected chi connectivity index (χ0v) is 10.4. The van der Waals surface area contributed by atoms with Gasteiger partial charge < -0.3 is 0 Å². The van der Waals surface area contributed by atoms with E-state index in [1.165, 1.54) is 6.07 Å². The third kappa shape index (κ3) is 2.64. The maximum Gasteiger partial charge on any atom is 0.418 e. The number of halogens is 3. The predicted octanol–water partition coefficient (Wildman–Crippen LogP) is 2.53. The van der Waals surface area contributed by atoms with Gasteiger partial charge in [0.2, 0.25) is 15.1 Å². The maximum atomic E-state index is 12.5. The van der Waals surface area contributed by atoms with Crippen LogP contribution in [0.4, 0.5) is 13.2 Å². The molecule has 0 amide bonds. The molecule has 0 aromatic heterocycles. The van der Waals surface area contributed by atoms with Gasteiger partial charge >= 0.3 is 6.18 Å². The van der Waals surface area contributed by atoms with Gasteiger partial charge in [-0.2, -0.15) is 18.4 Å². The van der Waals surface area contributed by atoms with Crippen molar-refractivity contribution < 1.29 is 21.6 Å². The van der Waals surface area contributed by atoms with Gasteiger partial charge in [-0.1, -0.05) is 6.07 Å². The van der Waals surface area contributed by atoms with E-state index in [2.05, 4.69) is 0 Å². The molecule has 3 nitrogen and oxygen atoms in total. The van der Waals surface area contributed by atoms with E-state index in [-0.39, 0.29) is 0 Å². The first-order valence-electron chi connectivity index (χ1n) is 4.88. The summed E-state index contributed by atoms with van der Waals surface area (Å²) in [6.07, 6.45) is -5.10. The molecule has 0 spiro atoms. The number of rotatable bonds is 2. The molecule has 1 atom stereocenters. The Morgan fingerprint density at radius 3 is 2.17 bits per heavy atom. The fourth-order valence-corrected chi connectivity index (χ4v) is 2.71. The van der Waals surface area contributed by atoms with Gasteiger partial charge in [0.05, 0.1) is 11.0 Å². The molecule has 98 valence electrons. The average Bonchev–Trinajstić information content (AvgIpc) is 2.20. The highest BCUT2D eigenvalue weighted by molar-refractivity contribution is 7.92. The van der Waals surface area contributed by atoms with E-state index in [9.17, 15) is 21.6 Å². The van der Waals surface area contributed by atoms with Gasteiger partial charge in [0.25, 0.3) is 0 Å². The Morgan fingerprint density at radius 1 is 1.22 bits per heavy atom. The van der Waals surface area contributed by atoms with Crippen LogP contribution in [0.2, 0.25) is 0 Å². The quantitative estimate of drug-likeness (QED) is 0.834. The second kappa shape index (κ2) is 4.61. The van der Waals surface area contributed by atoms with Gasteiger partial charge in [0.15, 0.2) is 0 Å². The largest absolute Gasteiger partial charge is 0.418 e. The molecule has 1 unspecified atom stereocenters. The van der Waals surface area contributed by atoms with E-state index in [1.54, 1.807) is 13.8 Å². The first-order valence-corrected chi connectivity index (χ1v) is 6.43. The third-order valence-electron chi connectivity index (χ3n) is 2.53. The summed E-state index contributed by atoms with van der Waals surface area (Å²) in [5, 5.41) is 5.40. The molecule has 0 saturated heterocycles. The lowest BCUT2D eigenvalue weighted by Crippen LogP contribution is -2.35. The predicted molar refractivity (Wildman–Crippen MR) is 58.6 cm³/mol. The van der Waals surface area contributed by atoms with E-state index in [0.29, 0.717) is 5.56 Å². The van der Waals surface area contributed by atoms with Gasteiger partial charge in [0, 0.05) is 0 Å². The van der Waals surface area contributed by atoms with Crippen molar-refractivity contribution in [3.63, 3.8) is 0 Å². The molecule has 0 fully saturated rings. The minimum Gasteiger partial charge on any atom is -0.222 e. The number of hydrogen-bond acceptors (Lipinski definition) is 3. The topological polar surface area (TPSA) is 57.9 Å². The molecule has 0 aliphatic heterocycles. The number of sulfone groups is 1. The number of aryl methyl sites for hydroxylation is 2. The summed E-state index contributed by atoms with van der Waals surface area (Å²) in [6, 6.07) is 4.43. The molecule has 7 heteroatoms. The van der Waals surface area contributed by atoms with Crippen molar-refractivity contribution >= 4 is 9.84 Å². The minimum absolute atomic E-state index is 0.491. The Balaban J connectivity index is 3.38. The highest BCUT2D eigenvalue weighted by Crippen LogP contribution is 2.30. The first kappa shape index (κ1) is 14.5. The Morgan fingerprint density at radius 2 is 1.78 bits per heavy atom. The van der Waals surface area contributed by atoms with E-state index < -0.39 is 26.2 Å². The maximum absolute atomic E-state index is 12.5.